The second kappa shape index (κ2) is 19.8. The number of carbonyl (C=O) groups is 1. The molecule has 2 saturated heterocycles. The lowest BCUT2D eigenvalue weighted by atomic mass is 9.84. The zero-order valence-corrected chi connectivity index (χ0v) is 38.4. The molecule has 4 heterocycles. The van der Waals surface area contributed by atoms with E-state index in [9.17, 15) is 10.1 Å². The third kappa shape index (κ3) is 8.84. The molecule has 2 aliphatic heterocycles. The van der Waals surface area contributed by atoms with E-state index in [1.165, 1.54) is 6.33 Å². The van der Waals surface area contributed by atoms with Gasteiger partial charge in [-0.1, -0.05) is 72.8 Å². The predicted molar refractivity (Wildman–Crippen MR) is 247 cm³/mol. The number of carbonyl (C=O) groups excluding carboxylic acids is 1. The van der Waals surface area contributed by atoms with Gasteiger partial charge < -0.3 is 33.3 Å². The number of nitriles is 1. The number of imidazole rings is 1. The van der Waals surface area contributed by atoms with Crippen molar-refractivity contribution in [2.45, 2.75) is 75.0 Å². The molecule has 0 saturated carbocycles. The molecule has 4 aromatic carbocycles. The molecule has 1 amide bonds. The molecular formula is C48H52N7O7PS. The van der Waals surface area contributed by atoms with Crippen molar-refractivity contribution in [2.24, 2.45) is 0 Å². The molecule has 6 aromatic rings. The fraction of sp³-hybridized carbons (Fsp3) is 0.354. The maximum atomic E-state index is 13.3. The molecule has 2 aromatic heterocycles. The van der Waals surface area contributed by atoms with Crippen LogP contribution in [0.5, 0.6) is 11.5 Å². The van der Waals surface area contributed by atoms with Gasteiger partial charge in [-0.2, -0.15) is 5.26 Å². The fourth-order valence-corrected chi connectivity index (χ4v) is 12.0. The van der Waals surface area contributed by atoms with E-state index >= 15 is 0 Å². The summed E-state index contributed by atoms with van der Waals surface area (Å²) in [6, 6.07) is 38.1. The van der Waals surface area contributed by atoms with Gasteiger partial charge in [0.2, 0.25) is 0 Å². The summed E-state index contributed by atoms with van der Waals surface area (Å²) in [5.41, 5.74) is 3.42. The summed E-state index contributed by atoms with van der Waals surface area (Å²) in [7, 11) is 1.61. The van der Waals surface area contributed by atoms with Crippen LogP contribution < -0.4 is 14.8 Å². The summed E-state index contributed by atoms with van der Waals surface area (Å²) >= 11 is 1.73. The van der Waals surface area contributed by atoms with Crippen LogP contribution in [0.2, 0.25) is 0 Å². The van der Waals surface area contributed by atoms with Crippen molar-refractivity contribution in [3.63, 3.8) is 0 Å². The molecule has 1 N–H and O–H groups in total. The lowest BCUT2D eigenvalue weighted by molar-refractivity contribution is -0.162. The second-order valence-electron chi connectivity index (χ2n) is 16.1. The van der Waals surface area contributed by atoms with E-state index in [2.05, 4.69) is 102 Å². The number of methoxy groups -OCH3 is 2. The molecule has 332 valence electrons. The average Bonchev–Trinajstić information content (AvgIpc) is 4.00. The summed E-state index contributed by atoms with van der Waals surface area (Å²) in [5, 5.41) is 12.4. The minimum Gasteiger partial charge on any atom is -0.497 e. The van der Waals surface area contributed by atoms with Crippen molar-refractivity contribution in [1.29, 1.82) is 5.26 Å². The Morgan fingerprint density at radius 1 is 0.906 bits per heavy atom. The van der Waals surface area contributed by atoms with Gasteiger partial charge in [0.25, 0.3) is 14.4 Å². The van der Waals surface area contributed by atoms with Gasteiger partial charge in [0, 0.05) is 23.4 Å². The first kappa shape index (κ1) is 45.1. The first-order valence-corrected chi connectivity index (χ1v) is 23.3. The number of benzene rings is 4. The van der Waals surface area contributed by atoms with Crippen LogP contribution >= 0.6 is 20.3 Å². The number of aromatic nitrogens is 4. The van der Waals surface area contributed by atoms with Crippen LogP contribution in [-0.4, -0.2) is 93.2 Å². The Balaban J connectivity index is 1.23. The van der Waals surface area contributed by atoms with Crippen molar-refractivity contribution in [3.05, 3.63) is 144 Å². The Labute approximate surface area is 379 Å². The molecule has 2 unspecified atom stereocenters. The smallest absolute Gasteiger partial charge is 0.259 e. The Hall–Kier alpha value is -5.43. The minimum absolute atomic E-state index is 0.0601. The number of rotatable bonds is 19. The number of hydrogen-bond acceptors (Lipinski definition) is 13. The summed E-state index contributed by atoms with van der Waals surface area (Å²) in [6.45, 7) is 8.88. The molecule has 2 fully saturated rings. The average molecular weight is 902 g/mol. The number of thioether (sulfide) groups is 1. The lowest BCUT2D eigenvalue weighted by Crippen LogP contribution is -2.46. The monoisotopic (exact) mass is 901 g/mol. The maximum absolute atomic E-state index is 13.3. The molecule has 0 radical (unpaired) electrons. The van der Waals surface area contributed by atoms with Crippen molar-refractivity contribution in [3.8, 4) is 17.6 Å². The first-order valence-electron chi connectivity index (χ1n) is 21.2. The van der Waals surface area contributed by atoms with Gasteiger partial charge in [0.1, 0.15) is 35.6 Å². The summed E-state index contributed by atoms with van der Waals surface area (Å²) in [4.78, 5) is 27.0. The molecule has 8 rings (SSSR count). The maximum Gasteiger partial charge on any atom is 0.259 e. The normalized spacial score (nSPS) is 19.9. The fourth-order valence-electron chi connectivity index (χ4n) is 8.47. The van der Waals surface area contributed by atoms with Crippen LogP contribution in [0, 0.1) is 11.3 Å². The van der Waals surface area contributed by atoms with Gasteiger partial charge in [0.05, 0.1) is 51.0 Å². The quantitative estimate of drug-likeness (QED) is 0.0467. The van der Waals surface area contributed by atoms with Crippen LogP contribution in [0.1, 0.15) is 67.4 Å². The zero-order chi connectivity index (χ0) is 44.8. The number of anilines is 1. The van der Waals surface area contributed by atoms with E-state index in [1.807, 2.05) is 41.0 Å². The van der Waals surface area contributed by atoms with E-state index in [-0.39, 0.29) is 43.4 Å². The standard InChI is InChI=1S/C48H52N7O7PS/c1-32(2)55(33(3)4)63(60-27-13-26-49)62-42-41-46(54-31-52-40-43(50-30-51-44(40)54)53-45(56)34-14-9-7-10-15-34)61-47(42,28-59-41)29-64-48(35-16-11-8-12-17-35,36-18-22-38(57-5)23-19-36)37-20-24-39(58-6)25-21-37/h7-12,14-25,30-33,41-42,46H,13,27-29H2,1-6H3,(H,50,51,53,56)/t41?,42-,46-,47-,63?/m1/s1. The Kier molecular flexibility index (Phi) is 13.9. The number of hydrogen-bond donors (Lipinski definition) is 1. The highest BCUT2D eigenvalue weighted by molar-refractivity contribution is 8.00. The molecule has 2 aliphatic rings. The second-order valence-corrected chi connectivity index (χ2v) is 18.7. The number of amides is 1. The highest BCUT2D eigenvalue weighted by Gasteiger charge is 2.65. The molecular weight excluding hydrogens is 850 g/mol. The van der Waals surface area contributed by atoms with Gasteiger partial charge in [-0.3, -0.25) is 9.36 Å². The van der Waals surface area contributed by atoms with Crippen LogP contribution in [0.3, 0.4) is 0 Å². The number of nitrogens with zero attached hydrogens (tertiary/aromatic N) is 6. The third-order valence-corrected chi connectivity index (χ3v) is 15.3. The third-order valence-electron chi connectivity index (χ3n) is 11.4. The first-order chi connectivity index (χ1) is 31.1. The minimum atomic E-state index is -1.71. The Morgan fingerprint density at radius 3 is 2.11 bits per heavy atom. The van der Waals surface area contributed by atoms with Crippen LogP contribution in [0.4, 0.5) is 5.82 Å². The van der Waals surface area contributed by atoms with Crippen molar-refractivity contribution < 1.29 is 32.8 Å². The lowest BCUT2D eigenvalue weighted by Gasteiger charge is -2.41. The molecule has 0 spiro atoms. The number of fused-ring (bicyclic) bond motifs is 3. The summed E-state index contributed by atoms with van der Waals surface area (Å²) in [6.07, 6.45) is 1.24. The Morgan fingerprint density at radius 2 is 1.52 bits per heavy atom. The van der Waals surface area contributed by atoms with Crippen molar-refractivity contribution >= 4 is 43.2 Å². The topological polar surface area (TPSA) is 155 Å². The van der Waals surface area contributed by atoms with E-state index in [0.717, 1.165) is 28.2 Å². The van der Waals surface area contributed by atoms with Crippen LogP contribution in [0.15, 0.2) is 122 Å². The molecule has 2 bridgehead atoms. The SMILES string of the molecule is COc1ccc(C(SC[C@@]23COC([C@H](n4cnc5c(NC(=O)c6ccccc6)ncnc54)O2)[C@H]3OP(OCCC#N)N(C(C)C)C(C)C)(c2ccccc2)c2ccc(OC)cc2)cc1. The highest BCUT2D eigenvalue weighted by atomic mass is 32.2. The van der Waals surface area contributed by atoms with Gasteiger partial charge >= 0.3 is 0 Å². The van der Waals surface area contributed by atoms with Gasteiger partial charge in [-0.05, 0) is 80.8 Å². The Bertz CT molecular complexity index is 2490. The van der Waals surface area contributed by atoms with E-state index in [1.54, 1.807) is 56.6 Å². The molecule has 14 nitrogen and oxygen atoms in total. The molecule has 64 heavy (non-hydrogen) atoms. The van der Waals surface area contributed by atoms with E-state index < -0.39 is 37.3 Å². The predicted octanol–water partition coefficient (Wildman–Crippen LogP) is 9.15. The molecule has 16 heteroatoms. The summed E-state index contributed by atoms with van der Waals surface area (Å²) < 4.78 is 42.5. The van der Waals surface area contributed by atoms with Gasteiger partial charge in [-0.15, -0.1) is 11.8 Å². The zero-order valence-electron chi connectivity index (χ0n) is 36.7. The highest BCUT2D eigenvalue weighted by Crippen LogP contribution is 2.59. The molecule has 5 atom stereocenters. The van der Waals surface area contributed by atoms with Gasteiger partial charge in [-0.25, -0.2) is 19.6 Å². The van der Waals surface area contributed by atoms with Gasteiger partial charge in [0.15, 0.2) is 23.2 Å². The number of nitrogens with one attached hydrogen (secondary N) is 1. The summed E-state index contributed by atoms with van der Waals surface area (Å²) in [5.74, 6) is 1.85. The largest absolute Gasteiger partial charge is 0.497 e. The van der Waals surface area contributed by atoms with Crippen molar-refractivity contribution in [1.82, 2.24) is 24.2 Å². The number of ether oxygens (including phenoxy) is 4. The van der Waals surface area contributed by atoms with Crippen molar-refractivity contribution in [2.75, 3.05) is 38.5 Å². The van der Waals surface area contributed by atoms with Crippen LogP contribution in [-0.2, 0) is 23.3 Å². The van der Waals surface area contributed by atoms with E-state index in [0.29, 0.717) is 22.5 Å². The van der Waals surface area contributed by atoms with E-state index in [4.69, 9.17) is 33.0 Å². The molecule has 0 aliphatic carbocycles. The van der Waals surface area contributed by atoms with Crippen LogP contribution in [0.25, 0.3) is 11.2 Å².